The second kappa shape index (κ2) is 8.30. The molecule has 0 radical (unpaired) electrons. The zero-order valence-electron chi connectivity index (χ0n) is 8.99. The molecular formula is C12H19NO. The molecule has 1 aromatic carbocycles. The van der Waals surface area contributed by atoms with E-state index in [9.17, 15) is 4.79 Å². The molecule has 2 N–H and O–H groups in total. The van der Waals surface area contributed by atoms with Gasteiger partial charge in [-0.05, 0) is 18.4 Å². The lowest BCUT2D eigenvalue weighted by Gasteiger charge is -1.96. The van der Waals surface area contributed by atoms with E-state index in [2.05, 4.69) is 43.0 Å². The fourth-order valence-corrected chi connectivity index (χ4v) is 1.03. The molecular weight excluding hydrogens is 174 g/mol. The van der Waals surface area contributed by atoms with Crippen molar-refractivity contribution in [2.75, 3.05) is 0 Å². The first kappa shape index (κ1) is 12.7. The number of amides is 1. The molecule has 1 aromatic rings. The fourth-order valence-electron chi connectivity index (χ4n) is 1.03. The molecule has 0 heterocycles. The predicted octanol–water partition coefficient (Wildman–Crippen LogP) is 2.52. The minimum atomic E-state index is -0.333. The average molecular weight is 193 g/mol. The zero-order chi connectivity index (χ0) is 10.8. The van der Waals surface area contributed by atoms with Crippen molar-refractivity contribution >= 4 is 5.91 Å². The summed E-state index contributed by atoms with van der Waals surface area (Å²) in [4.78, 5) is 9.22. The first-order valence-electron chi connectivity index (χ1n) is 4.96. The smallest absolute Gasteiger partial charge is 0.214 e. The Balaban J connectivity index is 0.000000364. The number of carbonyl (C=O) groups is 1. The van der Waals surface area contributed by atoms with Crippen molar-refractivity contribution in [1.29, 1.82) is 0 Å². The van der Waals surface area contributed by atoms with E-state index in [1.807, 2.05) is 0 Å². The Kier molecular flexibility index (Phi) is 7.52. The van der Waals surface area contributed by atoms with Gasteiger partial charge in [-0.1, -0.05) is 43.7 Å². The molecule has 0 atom stereocenters. The van der Waals surface area contributed by atoms with Gasteiger partial charge in [0.2, 0.25) is 5.91 Å². The molecule has 0 aromatic heterocycles. The molecule has 1 rings (SSSR count). The molecule has 2 nitrogen and oxygen atoms in total. The Hall–Kier alpha value is -1.31. The maximum Gasteiger partial charge on any atom is 0.214 e. The van der Waals surface area contributed by atoms with Crippen molar-refractivity contribution in [3.8, 4) is 0 Å². The number of aryl methyl sites for hydroxylation is 1. The molecule has 0 aliphatic carbocycles. The summed E-state index contributed by atoms with van der Waals surface area (Å²) in [5.74, 6) is -0.333. The highest BCUT2D eigenvalue weighted by Crippen LogP contribution is 2.03. The van der Waals surface area contributed by atoms with Crippen LogP contribution in [-0.2, 0) is 11.2 Å². The SMILES string of the molecule is CC(N)=O.CCCCc1ccccc1. The van der Waals surface area contributed by atoms with Crippen molar-refractivity contribution in [2.45, 2.75) is 33.1 Å². The number of primary amides is 1. The van der Waals surface area contributed by atoms with Crippen LogP contribution in [0.3, 0.4) is 0 Å². The molecule has 14 heavy (non-hydrogen) atoms. The average Bonchev–Trinajstić information content (AvgIpc) is 2.15. The number of nitrogens with two attached hydrogens (primary N) is 1. The van der Waals surface area contributed by atoms with Gasteiger partial charge in [0.1, 0.15) is 0 Å². The third kappa shape index (κ3) is 8.78. The van der Waals surface area contributed by atoms with Gasteiger partial charge in [0.05, 0.1) is 0 Å². The van der Waals surface area contributed by atoms with E-state index < -0.39 is 0 Å². The van der Waals surface area contributed by atoms with Gasteiger partial charge < -0.3 is 5.73 Å². The van der Waals surface area contributed by atoms with Crippen LogP contribution in [0.2, 0.25) is 0 Å². The highest BCUT2D eigenvalue weighted by atomic mass is 16.1. The van der Waals surface area contributed by atoms with Crippen LogP contribution in [0, 0.1) is 0 Å². The Labute approximate surface area is 86.1 Å². The topological polar surface area (TPSA) is 43.1 Å². The second-order valence-corrected chi connectivity index (χ2v) is 3.20. The van der Waals surface area contributed by atoms with Gasteiger partial charge in [-0.2, -0.15) is 0 Å². The van der Waals surface area contributed by atoms with Gasteiger partial charge in [0, 0.05) is 6.92 Å². The van der Waals surface area contributed by atoms with E-state index in [-0.39, 0.29) is 5.91 Å². The number of hydrogen-bond donors (Lipinski definition) is 1. The van der Waals surface area contributed by atoms with Crippen LogP contribution in [0.15, 0.2) is 30.3 Å². The lowest BCUT2D eigenvalue weighted by Crippen LogP contribution is -2.01. The van der Waals surface area contributed by atoms with Gasteiger partial charge in [0.25, 0.3) is 0 Å². The minimum Gasteiger partial charge on any atom is -0.370 e. The normalized spacial score (nSPS) is 8.71. The van der Waals surface area contributed by atoms with Crippen LogP contribution >= 0.6 is 0 Å². The van der Waals surface area contributed by atoms with E-state index >= 15 is 0 Å². The summed E-state index contributed by atoms with van der Waals surface area (Å²) < 4.78 is 0. The van der Waals surface area contributed by atoms with Crippen molar-refractivity contribution in [3.63, 3.8) is 0 Å². The minimum absolute atomic E-state index is 0.333. The first-order valence-corrected chi connectivity index (χ1v) is 4.96. The molecule has 0 aliphatic rings. The molecule has 0 saturated heterocycles. The first-order chi connectivity index (χ1) is 6.66. The summed E-state index contributed by atoms with van der Waals surface area (Å²) in [6.45, 7) is 3.53. The van der Waals surface area contributed by atoms with Crippen molar-refractivity contribution in [2.24, 2.45) is 5.73 Å². The summed E-state index contributed by atoms with van der Waals surface area (Å²) >= 11 is 0. The third-order valence-electron chi connectivity index (χ3n) is 1.66. The third-order valence-corrected chi connectivity index (χ3v) is 1.66. The van der Waals surface area contributed by atoms with Crippen LogP contribution in [0.5, 0.6) is 0 Å². The Morgan fingerprint density at radius 3 is 2.21 bits per heavy atom. The lowest BCUT2D eigenvalue weighted by molar-refractivity contribution is -0.115. The Morgan fingerprint density at radius 2 is 1.79 bits per heavy atom. The van der Waals surface area contributed by atoms with E-state index in [1.165, 1.54) is 31.7 Å². The molecule has 78 valence electrons. The molecule has 0 bridgehead atoms. The number of rotatable bonds is 3. The van der Waals surface area contributed by atoms with Gasteiger partial charge in [-0.15, -0.1) is 0 Å². The van der Waals surface area contributed by atoms with Gasteiger partial charge in [-0.3, -0.25) is 4.79 Å². The van der Waals surface area contributed by atoms with E-state index in [0.717, 1.165) is 0 Å². The Morgan fingerprint density at radius 1 is 1.29 bits per heavy atom. The highest BCUT2D eigenvalue weighted by molar-refractivity contribution is 5.70. The maximum atomic E-state index is 9.22. The monoisotopic (exact) mass is 193 g/mol. The van der Waals surface area contributed by atoms with Crippen LogP contribution < -0.4 is 5.73 Å². The van der Waals surface area contributed by atoms with Crippen molar-refractivity contribution in [3.05, 3.63) is 35.9 Å². The molecule has 0 aliphatic heterocycles. The summed E-state index contributed by atoms with van der Waals surface area (Å²) in [6, 6.07) is 10.6. The Bertz CT molecular complexity index is 240. The van der Waals surface area contributed by atoms with E-state index in [4.69, 9.17) is 0 Å². The second-order valence-electron chi connectivity index (χ2n) is 3.20. The molecule has 0 saturated carbocycles. The summed E-state index contributed by atoms with van der Waals surface area (Å²) in [7, 11) is 0. The van der Waals surface area contributed by atoms with Crippen LogP contribution in [0.1, 0.15) is 32.3 Å². The predicted molar refractivity (Wildman–Crippen MR) is 59.9 cm³/mol. The van der Waals surface area contributed by atoms with Crippen molar-refractivity contribution < 1.29 is 4.79 Å². The summed E-state index contributed by atoms with van der Waals surface area (Å²) in [5.41, 5.74) is 5.93. The summed E-state index contributed by atoms with van der Waals surface area (Å²) in [5, 5.41) is 0. The van der Waals surface area contributed by atoms with Gasteiger partial charge in [0.15, 0.2) is 0 Å². The molecule has 2 heteroatoms. The number of carbonyl (C=O) groups excluding carboxylic acids is 1. The highest BCUT2D eigenvalue weighted by Gasteiger charge is 1.87. The summed E-state index contributed by atoms with van der Waals surface area (Å²) in [6.07, 6.45) is 3.83. The van der Waals surface area contributed by atoms with Gasteiger partial charge in [-0.25, -0.2) is 0 Å². The quantitative estimate of drug-likeness (QED) is 0.787. The van der Waals surface area contributed by atoms with Crippen LogP contribution in [-0.4, -0.2) is 5.91 Å². The van der Waals surface area contributed by atoms with E-state index in [1.54, 1.807) is 0 Å². The molecule has 1 amide bonds. The van der Waals surface area contributed by atoms with Crippen LogP contribution in [0.25, 0.3) is 0 Å². The van der Waals surface area contributed by atoms with Crippen LogP contribution in [0.4, 0.5) is 0 Å². The van der Waals surface area contributed by atoms with Crippen molar-refractivity contribution in [1.82, 2.24) is 0 Å². The lowest BCUT2D eigenvalue weighted by atomic mass is 10.1. The molecule has 0 unspecified atom stereocenters. The number of unbranched alkanes of at least 4 members (excludes halogenated alkanes) is 1. The standard InChI is InChI=1S/C10H14.C2H5NO/c1-2-3-7-10-8-5-4-6-9-10;1-2(3)4/h4-6,8-9H,2-3,7H2,1H3;1H3,(H2,3,4). The number of hydrogen-bond acceptors (Lipinski definition) is 1. The van der Waals surface area contributed by atoms with Gasteiger partial charge >= 0.3 is 0 Å². The largest absolute Gasteiger partial charge is 0.370 e. The fraction of sp³-hybridized carbons (Fsp3) is 0.417. The number of benzene rings is 1. The zero-order valence-corrected chi connectivity index (χ0v) is 8.99. The molecule has 0 fully saturated rings. The molecule has 0 spiro atoms. The maximum absolute atomic E-state index is 9.22. The van der Waals surface area contributed by atoms with E-state index in [0.29, 0.717) is 0 Å².